The number of rotatable bonds is 1. The fourth-order valence-corrected chi connectivity index (χ4v) is 4.85. The molecule has 0 saturated heterocycles. The molecule has 1 saturated carbocycles. The third-order valence-electron chi connectivity index (χ3n) is 4.76. The molecular formula is C15H17BrO2. The van der Waals surface area contributed by atoms with Crippen molar-refractivity contribution in [3.05, 3.63) is 33.8 Å². The maximum absolute atomic E-state index is 11.6. The molecule has 0 radical (unpaired) electrons. The molecule has 1 aromatic carbocycles. The van der Waals surface area contributed by atoms with E-state index in [1.807, 2.05) is 0 Å². The van der Waals surface area contributed by atoms with Gasteiger partial charge >= 0.3 is 5.97 Å². The van der Waals surface area contributed by atoms with Crippen LogP contribution in [0.1, 0.15) is 43.2 Å². The monoisotopic (exact) mass is 308 g/mol. The lowest BCUT2D eigenvalue weighted by atomic mass is 9.62. The first-order chi connectivity index (χ1) is 8.65. The van der Waals surface area contributed by atoms with Gasteiger partial charge in [0.05, 0.1) is 5.92 Å². The first-order valence-corrected chi connectivity index (χ1v) is 7.45. The minimum absolute atomic E-state index is 0.112. The number of aliphatic carboxylic acids is 1. The molecule has 1 aromatic rings. The van der Waals surface area contributed by atoms with Crippen molar-refractivity contribution in [2.24, 2.45) is 5.92 Å². The van der Waals surface area contributed by atoms with Crippen molar-refractivity contribution in [3.63, 3.8) is 0 Å². The van der Waals surface area contributed by atoms with Crippen LogP contribution in [-0.4, -0.2) is 11.1 Å². The van der Waals surface area contributed by atoms with E-state index in [9.17, 15) is 9.90 Å². The van der Waals surface area contributed by atoms with Gasteiger partial charge < -0.3 is 5.11 Å². The standard InChI is InChI=1S/C15H17BrO2/c16-12-5-3-4-10-6-7-11(14(17)18)15(13(10)12)8-1-2-9-15/h3-5,11H,1-2,6-9H2,(H,17,18). The summed E-state index contributed by atoms with van der Waals surface area (Å²) in [6.45, 7) is 0. The molecule has 1 N–H and O–H groups in total. The first kappa shape index (κ1) is 12.2. The number of fused-ring (bicyclic) bond motifs is 2. The zero-order chi connectivity index (χ0) is 12.8. The van der Waals surface area contributed by atoms with Gasteiger partial charge in [-0.05, 0) is 42.9 Å². The topological polar surface area (TPSA) is 37.3 Å². The number of halogens is 1. The molecule has 0 amide bonds. The highest BCUT2D eigenvalue weighted by Gasteiger charge is 2.50. The Morgan fingerprint density at radius 1 is 1.33 bits per heavy atom. The summed E-state index contributed by atoms with van der Waals surface area (Å²) in [5.41, 5.74) is 2.53. The summed E-state index contributed by atoms with van der Waals surface area (Å²) >= 11 is 3.65. The zero-order valence-electron chi connectivity index (χ0n) is 10.3. The van der Waals surface area contributed by atoms with Gasteiger partial charge in [-0.3, -0.25) is 4.79 Å². The fraction of sp³-hybridized carbons (Fsp3) is 0.533. The van der Waals surface area contributed by atoms with E-state index in [0.717, 1.165) is 43.0 Å². The molecule has 0 bridgehead atoms. The van der Waals surface area contributed by atoms with Crippen LogP contribution in [0, 0.1) is 5.92 Å². The molecule has 1 fully saturated rings. The summed E-state index contributed by atoms with van der Waals surface area (Å²) in [4.78, 5) is 11.6. The second-order valence-electron chi connectivity index (χ2n) is 5.57. The van der Waals surface area contributed by atoms with E-state index in [1.54, 1.807) is 0 Å². The van der Waals surface area contributed by atoms with E-state index in [4.69, 9.17) is 0 Å². The normalized spacial score (nSPS) is 25.1. The highest BCUT2D eigenvalue weighted by atomic mass is 79.9. The highest BCUT2D eigenvalue weighted by Crippen LogP contribution is 2.54. The molecule has 0 aromatic heterocycles. The van der Waals surface area contributed by atoms with Gasteiger partial charge in [-0.2, -0.15) is 0 Å². The molecule has 2 aliphatic carbocycles. The van der Waals surface area contributed by atoms with Crippen LogP contribution in [0.15, 0.2) is 22.7 Å². The Morgan fingerprint density at radius 3 is 2.72 bits per heavy atom. The third kappa shape index (κ3) is 1.63. The smallest absolute Gasteiger partial charge is 0.307 e. The quantitative estimate of drug-likeness (QED) is 0.854. The van der Waals surface area contributed by atoms with Crippen LogP contribution in [0.25, 0.3) is 0 Å². The lowest BCUT2D eigenvalue weighted by Crippen LogP contribution is -2.42. The van der Waals surface area contributed by atoms with Crippen molar-refractivity contribution in [2.45, 2.75) is 43.9 Å². The minimum Gasteiger partial charge on any atom is -0.481 e. The van der Waals surface area contributed by atoms with E-state index in [1.165, 1.54) is 11.1 Å². The average molecular weight is 309 g/mol. The van der Waals surface area contributed by atoms with E-state index >= 15 is 0 Å². The van der Waals surface area contributed by atoms with Crippen molar-refractivity contribution in [3.8, 4) is 0 Å². The Kier molecular flexibility index (Phi) is 2.97. The van der Waals surface area contributed by atoms with E-state index in [0.29, 0.717) is 0 Å². The number of carboxylic acid groups (broad SMARTS) is 1. The van der Waals surface area contributed by atoms with Crippen LogP contribution in [0.3, 0.4) is 0 Å². The number of aryl methyl sites for hydroxylation is 1. The molecule has 3 heteroatoms. The van der Waals surface area contributed by atoms with E-state index < -0.39 is 5.97 Å². The summed E-state index contributed by atoms with van der Waals surface area (Å²) in [5, 5.41) is 9.57. The maximum Gasteiger partial charge on any atom is 0.307 e. The summed E-state index contributed by atoms with van der Waals surface area (Å²) in [6.07, 6.45) is 6.06. The molecular weight excluding hydrogens is 292 g/mol. The van der Waals surface area contributed by atoms with Gasteiger partial charge in [-0.1, -0.05) is 40.9 Å². The van der Waals surface area contributed by atoms with Gasteiger partial charge in [0.15, 0.2) is 0 Å². The summed E-state index contributed by atoms with van der Waals surface area (Å²) in [6, 6.07) is 6.29. The molecule has 3 rings (SSSR count). The van der Waals surface area contributed by atoms with Gasteiger partial charge in [0.25, 0.3) is 0 Å². The van der Waals surface area contributed by atoms with Gasteiger partial charge in [0, 0.05) is 9.89 Å². The molecule has 0 heterocycles. The number of carboxylic acids is 1. The zero-order valence-corrected chi connectivity index (χ0v) is 11.9. The fourth-order valence-electron chi connectivity index (χ4n) is 4.05. The van der Waals surface area contributed by atoms with Crippen LogP contribution >= 0.6 is 15.9 Å². The van der Waals surface area contributed by atoms with Crippen molar-refractivity contribution < 1.29 is 9.90 Å². The number of carbonyl (C=O) groups is 1. The number of benzene rings is 1. The van der Waals surface area contributed by atoms with E-state index in [2.05, 4.69) is 34.1 Å². The van der Waals surface area contributed by atoms with Gasteiger partial charge in [-0.25, -0.2) is 0 Å². The SMILES string of the molecule is O=C(O)C1CCc2cccc(Br)c2C12CCCC2. The Labute approximate surface area is 116 Å². The number of hydrogen-bond donors (Lipinski definition) is 1. The number of hydrogen-bond acceptors (Lipinski definition) is 1. The Morgan fingerprint density at radius 2 is 2.06 bits per heavy atom. The third-order valence-corrected chi connectivity index (χ3v) is 5.42. The van der Waals surface area contributed by atoms with Crippen molar-refractivity contribution in [2.75, 3.05) is 0 Å². The lowest BCUT2D eigenvalue weighted by Gasteiger charge is -2.41. The molecule has 1 spiro atoms. The van der Waals surface area contributed by atoms with Crippen molar-refractivity contribution in [1.82, 2.24) is 0 Å². The van der Waals surface area contributed by atoms with Crippen molar-refractivity contribution >= 4 is 21.9 Å². The minimum atomic E-state index is -0.613. The summed E-state index contributed by atoms with van der Waals surface area (Å²) < 4.78 is 1.10. The largest absolute Gasteiger partial charge is 0.481 e. The van der Waals surface area contributed by atoms with Crippen LogP contribution < -0.4 is 0 Å². The van der Waals surface area contributed by atoms with Crippen LogP contribution in [0.5, 0.6) is 0 Å². The molecule has 96 valence electrons. The van der Waals surface area contributed by atoms with E-state index in [-0.39, 0.29) is 11.3 Å². The summed E-state index contributed by atoms with van der Waals surface area (Å²) in [7, 11) is 0. The second kappa shape index (κ2) is 4.37. The molecule has 2 aliphatic rings. The maximum atomic E-state index is 11.6. The molecule has 18 heavy (non-hydrogen) atoms. The molecule has 0 aliphatic heterocycles. The Hall–Kier alpha value is -0.830. The van der Waals surface area contributed by atoms with Gasteiger partial charge in [-0.15, -0.1) is 0 Å². The predicted molar refractivity (Wildman–Crippen MR) is 73.7 cm³/mol. The van der Waals surface area contributed by atoms with Gasteiger partial charge in [0.1, 0.15) is 0 Å². The second-order valence-corrected chi connectivity index (χ2v) is 6.42. The molecule has 1 unspecified atom stereocenters. The van der Waals surface area contributed by atoms with Crippen molar-refractivity contribution in [1.29, 1.82) is 0 Å². The predicted octanol–water partition coefficient (Wildman–Crippen LogP) is 3.91. The summed E-state index contributed by atoms with van der Waals surface area (Å²) in [5.74, 6) is -0.815. The van der Waals surface area contributed by atoms with Crippen LogP contribution in [-0.2, 0) is 16.6 Å². The first-order valence-electron chi connectivity index (χ1n) is 6.66. The van der Waals surface area contributed by atoms with Crippen LogP contribution in [0.2, 0.25) is 0 Å². The van der Waals surface area contributed by atoms with Crippen LogP contribution in [0.4, 0.5) is 0 Å². The molecule has 2 nitrogen and oxygen atoms in total. The Balaban J connectivity index is 2.19. The lowest BCUT2D eigenvalue weighted by molar-refractivity contribution is -0.145. The highest BCUT2D eigenvalue weighted by molar-refractivity contribution is 9.10. The Bertz CT molecular complexity index is 489. The average Bonchev–Trinajstić information content (AvgIpc) is 2.78. The molecule has 1 atom stereocenters. The van der Waals surface area contributed by atoms with Gasteiger partial charge in [0.2, 0.25) is 0 Å².